The summed E-state index contributed by atoms with van der Waals surface area (Å²) in [5.74, 6) is 0.218. The number of anilines is 1. The van der Waals surface area contributed by atoms with Gasteiger partial charge in [-0.3, -0.25) is 9.69 Å². The summed E-state index contributed by atoms with van der Waals surface area (Å²) in [6.45, 7) is 8.67. The van der Waals surface area contributed by atoms with Crippen molar-refractivity contribution < 1.29 is 4.79 Å². The van der Waals surface area contributed by atoms with Crippen LogP contribution in [-0.2, 0) is 4.79 Å². The molecule has 0 saturated carbocycles. The zero-order valence-corrected chi connectivity index (χ0v) is 12.9. The lowest BCUT2D eigenvalue weighted by atomic mass is 10.0. The topological polar surface area (TPSA) is 23.6 Å². The molecule has 1 saturated heterocycles. The molecule has 0 aromatic heterocycles. The first kappa shape index (κ1) is 15.0. The van der Waals surface area contributed by atoms with Gasteiger partial charge in [0.15, 0.2) is 0 Å². The Hall–Kier alpha value is -1.35. The van der Waals surface area contributed by atoms with Crippen molar-refractivity contribution in [2.75, 3.05) is 24.5 Å². The Kier molecular flexibility index (Phi) is 5.18. The summed E-state index contributed by atoms with van der Waals surface area (Å²) in [5, 5.41) is 0. The third kappa shape index (κ3) is 3.40. The van der Waals surface area contributed by atoms with E-state index in [4.69, 9.17) is 0 Å². The Morgan fingerprint density at radius 2 is 2.10 bits per heavy atom. The number of nitrogens with zero attached hydrogens (tertiary/aromatic N) is 2. The number of amides is 1. The Bertz CT molecular complexity index is 458. The third-order valence-electron chi connectivity index (χ3n) is 4.30. The SMILES string of the molecule is CCN(C(=O)CN1CCCCC1C)c1ccccc1C. The summed E-state index contributed by atoms with van der Waals surface area (Å²) in [6.07, 6.45) is 3.72. The fourth-order valence-electron chi connectivity index (χ4n) is 3.00. The van der Waals surface area contributed by atoms with Gasteiger partial charge in [-0.05, 0) is 51.8 Å². The molecule has 1 amide bonds. The number of likely N-dealkylation sites (tertiary alicyclic amines) is 1. The number of para-hydroxylation sites is 1. The average molecular weight is 274 g/mol. The summed E-state index contributed by atoms with van der Waals surface area (Å²) in [5.41, 5.74) is 2.21. The minimum absolute atomic E-state index is 0.218. The molecule has 0 spiro atoms. The van der Waals surface area contributed by atoms with E-state index in [0.717, 1.165) is 24.3 Å². The zero-order chi connectivity index (χ0) is 14.5. The van der Waals surface area contributed by atoms with Crippen molar-refractivity contribution in [3.63, 3.8) is 0 Å². The van der Waals surface area contributed by atoms with Crippen LogP contribution >= 0.6 is 0 Å². The standard InChI is InChI=1S/C17H26N2O/c1-4-19(16-11-6-5-9-14(16)2)17(20)13-18-12-8-7-10-15(18)3/h5-6,9,11,15H,4,7-8,10,12-13H2,1-3H3. The van der Waals surface area contributed by atoms with Crippen molar-refractivity contribution in [1.29, 1.82) is 0 Å². The van der Waals surface area contributed by atoms with Gasteiger partial charge in [0.05, 0.1) is 6.54 Å². The second-order valence-electron chi connectivity index (χ2n) is 5.74. The van der Waals surface area contributed by atoms with Crippen LogP contribution in [0, 0.1) is 6.92 Å². The van der Waals surface area contributed by atoms with E-state index in [2.05, 4.69) is 24.8 Å². The summed E-state index contributed by atoms with van der Waals surface area (Å²) >= 11 is 0. The van der Waals surface area contributed by atoms with Gasteiger partial charge in [-0.1, -0.05) is 24.6 Å². The van der Waals surface area contributed by atoms with E-state index in [1.54, 1.807) is 0 Å². The molecule has 0 N–H and O–H groups in total. The smallest absolute Gasteiger partial charge is 0.241 e. The first-order valence-electron chi connectivity index (χ1n) is 7.73. The minimum atomic E-state index is 0.218. The minimum Gasteiger partial charge on any atom is -0.311 e. The van der Waals surface area contributed by atoms with E-state index < -0.39 is 0 Å². The molecule has 0 aliphatic carbocycles. The summed E-state index contributed by atoms with van der Waals surface area (Å²) in [7, 11) is 0. The quantitative estimate of drug-likeness (QED) is 0.841. The number of hydrogen-bond donors (Lipinski definition) is 0. The van der Waals surface area contributed by atoms with E-state index in [1.807, 2.05) is 30.0 Å². The van der Waals surface area contributed by atoms with Crippen LogP contribution in [0.2, 0.25) is 0 Å². The maximum absolute atomic E-state index is 12.6. The second-order valence-corrected chi connectivity index (χ2v) is 5.74. The van der Waals surface area contributed by atoms with E-state index >= 15 is 0 Å². The Balaban J connectivity index is 2.08. The van der Waals surface area contributed by atoms with Crippen LogP contribution in [-0.4, -0.2) is 36.5 Å². The molecule has 1 unspecified atom stereocenters. The lowest BCUT2D eigenvalue weighted by Gasteiger charge is -2.34. The Morgan fingerprint density at radius 3 is 2.75 bits per heavy atom. The predicted molar refractivity (Wildman–Crippen MR) is 84.1 cm³/mol. The second kappa shape index (κ2) is 6.89. The van der Waals surface area contributed by atoms with Gasteiger partial charge < -0.3 is 4.90 Å². The number of benzene rings is 1. The highest BCUT2D eigenvalue weighted by Gasteiger charge is 2.23. The third-order valence-corrected chi connectivity index (χ3v) is 4.30. The summed E-state index contributed by atoms with van der Waals surface area (Å²) in [4.78, 5) is 16.9. The fraction of sp³-hybridized carbons (Fsp3) is 0.588. The highest BCUT2D eigenvalue weighted by atomic mass is 16.2. The Morgan fingerprint density at radius 1 is 1.35 bits per heavy atom. The lowest BCUT2D eigenvalue weighted by Crippen LogP contribution is -2.46. The molecule has 2 rings (SSSR count). The molecule has 1 heterocycles. The number of rotatable bonds is 4. The van der Waals surface area contributed by atoms with Crippen molar-refractivity contribution in [3.8, 4) is 0 Å². The molecule has 0 radical (unpaired) electrons. The maximum Gasteiger partial charge on any atom is 0.241 e. The Labute approximate surface area is 122 Å². The molecule has 20 heavy (non-hydrogen) atoms. The molecule has 1 aromatic carbocycles. The zero-order valence-electron chi connectivity index (χ0n) is 12.9. The van der Waals surface area contributed by atoms with Gasteiger partial charge in [-0.2, -0.15) is 0 Å². The molecule has 1 aliphatic rings. The van der Waals surface area contributed by atoms with Gasteiger partial charge in [0, 0.05) is 18.3 Å². The predicted octanol–water partition coefficient (Wildman–Crippen LogP) is 3.22. The van der Waals surface area contributed by atoms with Crippen molar-refractivity contribution in [1.82, 2.24) is 4.90 Å². The monoisotopic (exact) mass is 274 g/mol. The van der Waals surface area contributed by atoms with Crippen LogP contribution < -0.4 is 4.90 Å². The molecular formula is C17H26N2O. The number of aryl methyl sites for hydroxylation is 1. The van der Waals surface area contributed by atoms with Crippen molar-refractivity contribution in [2.24, 2.45) is 0 Å². The lowest BCUT2D eigenvalue weighted by molar-refractivity contribution is -0.120. The molecule has 3 heteroatoms. The number of piperidine rings is 1. The van der Waals surface area contributed by atoms with Crippen LogP contribution in [0.4, 0.5) is 5.69 Å². The molecule has 1 aliphatic heterocycles. The van der Waals surface area contributed by atoms with Crippen LogP contribution in [0.3, 0.4) is 0 Å². The van der Waals surface area contributed by atoms with E-state index in [9.17, 15) is 4.79 Å². The average Bonchev–Trinajstić information content (AvgIpc) is 2.44. The van der Waals surface area contributed by atoms with E-state index in [-0.39, 0.29) is 5.91 Å². The van der Waals surface area contributed by atoms with Crippen molar-refractivity contribution in [2.45, 2.75) is 46.1 Å². The van der Waals surface area contributed by atoms with Gasteiger partial charge in [0.2, 0.25) is 5.91 Å². The summed E-state index contributed by atoms with van der Waals surface area (Å²) < 4.78 is 0. The van der Waals surface area contributed by atoms with E-state index in [0.29, 0.717) is 12.6 Å². The van der Waals surface area contributed by atoms with Crippen LogP contribution in [0.1, 0.15) is 38.7 Å². The molecule has 1 atom stereocenters. The van der Waals surface area contributed by atoms with Crippen LogP contribution in [0.5, 0.6) is 0 Å². The van der Waals surface area contributed by atoms with Gasteiger partial charge in [-0.15, -0.1) is 0 Å². The van der Waals surface area contributed by atoms with Gasteiger partial charge in [0.1, 0.15) is 0 Å². The van der Waals surface area contributed by atoms with E-state index in [1.165, 1.54) is 19.3 Å². The highest BCUT2D eigenvalue weighted by Crippen LogP contribution is 2.21. The molecule has 3 nitrogen and oxygen atoms in total. The molecule has 0 bridgehead atoms. The normalized spacial score (nSPS) is 19.9. The number of likely N-dealkylation sites (N-methyl/N-ethyl adjacent to an activating group) is 1. The summed E-state index contributed by atoms with van der Waals surface area (Å²) in [6, 6.07) is 8.65. The fourth-order valence-corrected chi connectivity index (χ4v) is 3.00. The van der Waals surface area contributed by atoms with Crippen molar-refractivity contribution in [3.05, 3.63) is 29.8 Å². The largest absolute Gasteiger partial charge is 0.311 e. The highest BCUT2D eigenvalue weighted by molar-refractivity contribution is 5.95. The number of hydrogen-bond acceptors (Lipinski definition) is 2. The van der Waals surface area contributed by atoms with Crippen molar-refractivity contribution >= 4 is 11.6 Å². The van der Waals surface area contributed by atoms with Gasteiger partial charge in [0.25, 0.3) is 0 Å². The van der Waals surface area contributed by atoms with Gasteiger partial charge in [-0.25, -0.2) is 0 Å². The number of carbonyl (C=O) groups excluding carboxylic acids is 1. The number of carbonyl (C=O) groups is 1. The van der Waals surface area contributed by atoms with Gasteiger partial charge >= 0.3 is 0 Å². The van der Waals surface area contributed by atoms with Crippen LogP contribution in [0.25, 0.3) is 0 Å². The molecule has 1 aromatic rings. The first-order valence-corrected chi connectivity index (χ1v) is 7.73. The van der Waals surface area contributed by atoms with Crippen LogP contribution in [0.15, 0.2) is 24.3 Å². The molecule has 110 valence electrons. The first-order chi connectivity index (χ1) is 9.63. The maximum atomic E-state index is 12.6. The molecular weight excluding hydrogens is 248 g/mol. The molecule has 1 fully saturated rings.